The van der Waals surface area contributed by atoms with Crippen LogP contribution in [0.5, 0.6) is 0 Å². The van der Waals surface area contributed by atoms with Crippen LogP contribution in [0.25, 0.3) is 64.6 Å². The second kappa shape index (κ2) is 7.27. The summed E-state index contributed by atoms with van der Waals surface area (Å²) in [5.41, 5.74) is 27.5. The van der Waals surface area contributed by atoms with E-state index in [0.717, 1.165) is 44.3 Å². The maximum Gasteiger partial charge on any atom is 0.0415 e. The molecule has 0 bridgehead atoms. The Balaban J connectivity index is 0.000000122. The lowest BCUT2D eigenvalue weighted by molar-refractivity contribution is 1.74. The van der Waals surface area contributed by atoms with Crippen molar-refractivity contribution in [1.29, 1.82) is 0 Å². The lowest BCUT2D eigenvalue weighted by Crippen LogP contribution is -1.94. The first-order valence-electron chi connectivity index (χ1n) is 11.9. The van der Waals surface area contributed by atoms with Gasteiger partial charge in [0, 0.05) is 49.7 Å². The van der Waals surface area contributed by atoms with Crippen molar-refractivity contribution in [3.8, 4) is 0 Å². The fraction of sp³-hybridized carbons (Fsp3) is 0. The molecule has 8 N–H and O–H groups in total. The Morgan fingerprint density at radius 1 is 0.306 bits per heavy atom. The zero-order chi connectivity index (χ0) is 24.6. The number of nitrogens with two attached hydrogens (primary N) is 4. The third kappa shape index (κ3) is 2.75. The van der Waals surface area contributed by atoms with Gasteiger partial charge in [0.25, 0.3) is 0 Å². The third-order valence-corrected chi connectivity index (χ3v) is 7.44. The molecular formula is C32H24N4. The van der Waals surface area contributed by atoms with Gasteiger partial charge in [-0.25, -0.2) is 0 Å². The minimum Gasteiger partial charge on any atom is -0.398 e. The summed E-state index contributed by atoms with van der Waals surface area (Å²) in [5.74, 6) is 0. The molecule has 0 amide bonds. The molecule has 0 radical (unpaired) electrons. The van der Waals surface area contributed by atoms with Crippen molar-refractivity contribution in [2.45, 2.75) is 0 Å². The molecule has 0 atom stereocenters. The van der Waals surface area contributed by atoms with Crippen LogP contribution >= 0.6 is 0 Å². The Kier molecular flexibility index (Phi) is 4.12. The van der Waals surface area contributed by atoms with Gasteiger partial charge in [-0.2, -0.15) is 0 Å². The molecule has 0 heterocycles. The standard InChI is InChI=1S/2C16H12N2/c17-13-8-4-10-2-6-12-14(18)7-3-9-1-5-11(13)16(10)15(9)12;17-13-8-14(18)12-7-5-10-3-1-2-9-4-6-11(13)16(12)15(9)10/h2*1-8H,17-18H2. The SMILES string of the molecule is Nc1cc(N)c2ccc3cccc4ccc1c2c43.Nc1ccc2ccc3c(N)ccc4ccc1c2c43. The largest absolute Gasteiger partial charge is 0.398 e. The molecule has 36 heavy (non-hydrogen) atoms. The van der Waals surface area contributed by atoms with Crippen molar-refractivity contribution < 1.29 is 0 Å². The van der Waals surface area contributed by atoms with E-state index in [9.17, 15) is 0 Å². The number of anilines is 4. The average Bonchev–Trinajstić information content (AvgIpc) is 2.90. The topological polar surface area (TPSA) is 104 Å². The van der Waals surface area contributed by atoms with Crippen LogP contribution in [0.4, 0.5) is 22.7 Å². The Bertz CT molecular complexity index is 1950. The molecule has 0 spiro atoms. The molecule has 0 fully saturated rings. The van der Waals surface area contributed by atoms with E-state index < -0.39 is 0 Å². The summed E-state index contributed by atoms with van der Waals surface area (Å²) >= 11 is 0. The highest BCUT2D eigenvalue weighted by Gasteiger charge is 2.12. The summed E-state index contributed by atoms with van der Waals surface area (Å²) in [5, 5.41) is 14.2. The van der Waals surface area contributed by atoms with Crippen LogP contribution in [-0.2, 0) is 0 Å². The molecule has 8 aromatic carbocycles. The highest BCUT2D eigenvalue weighted by atomic mass is 14.6. The van der Waals surface area contributed by atoms with Crippen LogP contribution in [-0.4, -0.2) is 0 Å². The maximum absolute atomic E-state index is 6.09. The lowest BCUT2D eigenvalue weighted by atomic mass is 9.93. The number of hydrogen-bond acceptors (Lipinski definition) is 4. The first kappa shape index (κ1) is 20.4. The van der Waals surface area contributed by atoms with Gasteiger partial charge in [0.05, 0.1) is 0 Å². The number of nitrogen functional groups attached to an aromatic ring is 4. The molecule has 0 aliphatic rings. The van der Waals surface area contributed by atoms with E-state index in [1.165, 1.54) is 43.1 Å². The molecule has 0 saturated heterocycles. The van der Waals surface area contributed by atoms with Gasteiger partial charge in [-0.15, -0.1) is 0 Å². The van der Waals surface area contributed by atoms with Crippen LogP contribution in [0.2, 0.25) is 0 Å². The Hall–Kier alpha value is -4.96. The van der Waals surface area contributed by atoms with E-state index in [2.05, 4.69) is 78.9 Å². The van der Waals surface area contributed by atoms with Crippen molar-refractivity contribution in [2.75, 3.05) is 22.9 Å². The van der Waals surface area contributed by atoms with Gasteiger partial charge in [0.15, 0.2) is 0 Å². The van der Waals surface area contributed by atoms with Crippen LogP contribution in [0.15, 0.2) is 97.1 Å². The molecule has 0 saturated carbocycles. The molecule has 4 heteroatoms. The molecule has 8 aromatic rings. The Morgan fingerprint density at radius 2 is 0.667 bits per heavy atom. The fourth-order valence-corrected chi connectivity index (χ4v) is 5.73. The molecule has 172 valence electrons. The summed E-state index contributed by atoms with van der Waals surface area (Å²) in [6.45, 7) is 0. The van der Waals surface area contributed by atoms with Gasteiger partial charge in [-0.05, 0) is 55.9 Å². The first-order valence-corrected chi connectivity index (χ1v) is 11.9. The van der Waals surface area contributed by atoms with Crippen molar-refractivity contribution in [3.63, 3.8) is 0 Å². The van der Waals surface area contributed by atoms with Gasteiger partial charge in [-0.3, -0.25) is 0 Å². The third-order valence-electron chi connectivity index (χ3n) is 7.44. The number of rotatable bonds is 0. The predicted molar refractivity (Wildman–Crippen MR) is 158 cm³/mol. The normalized spacial score (nSPS) is 11.8. The van der Waals surface area contributed by atoms with Gasteiger partial charge < -0.3 is 22.9 Å². The first-order chi connectivity index (χ1) is 17.5. The molecule has 0 unspecified atom stereocenters. The van der Waals surface area contributed by atoms with E-state index in [-0.39, 0.29) is 0 Å². The zero-order valence-electron chi connectivity index (χ0n) is 19.5. The summed E-state index contributed by atoms with van der Waals surface area (Å²) in [4.78, 5) is 0. The zero-order valence-corrected chi connectivity index (χ0v) is 19.5. The smallest absolute Gasteiger partial charge is 0.0415 e. The number of hydrogen-bond donors (Lipinski definition) is 4. The summed E-state index contributed by atoms with van der Waals surface area (Å²) in [6.07, 6.45) is 0. The van der Waals surface area contributed by atoms with Crippen LogP contribution in [0.3, 0.4) is 0 Å². The maximum atomic E-state index is 6.09. The fourth-order valence-electron chi connectivity index (χ4n) is 5.73. The van der Waals surface area contributed by atoms with Gasteiger partial charge in [0.2, 0.25) is 0 Å². The van der Waals surface area contributed by atoms with E-state index in [4.69, 9.17) is 22.9 Å². The molecule has 4 nitrogen and oxygen atoms in total. The second-order valence-corrected chi connectivity index (χ2v) is 9.47. The summed E-state index contributed by atoms with van der Waals surface area (Å²) in [6, 6.07) is 33.1. The van der Waals surface area contributed by atoms with Crippen molar-refractivity contribution in [3.05, 3.63) is 97.1 Å². The van der Waals surface area contributed by atoms with E-state index >= 15 is 0 Å². The van der Waals surface area contributed by atoms with Crippen molar-refractivity contribution >= 4 is 87.4 Å². The lowest BCUT2D eigenvalue weighted by Gasteiger charge is -2.13. The molecule has 8 rings (SSSR count). The highest BCUT2D eigenvalue weighted by molar-refractivity contribution is 6.28. The van der Waals surface area contributed by atoms with Crippen molar-refractivity contribution in [2.24, 2.45) is 0 Å². The molecule has 0 aromatic heterocycles. The average molecular weight is 465 g/mol. The summed E-state index contributed by atoms with van der Waals surface area (Å²) in [7, 11) is 0. The predicted octanol–water partition coefficient (Wildman–Crippen LogP) is 7.50. The van der Waals surface area contributed by atoms with E-state index in [1.54, 1.807) is 0 Å². The molecule has 0 aliphatic carbocycles. The van der Waals surface area contributed by atoms with Gasteiger partial charge in [0.1, 0.15) is 0 Å². The van der Waals surface area contributed by atoms with E-state index in [1.807, 2.05) is 18.2 Å². The highest BCUT2D eigenvalue weighted by Crippen LogP contribution is 2.40. The Morgan fingerprint density at radius 3 is 1.11 bits per heavy atom. The van der Waals surface area contributed by atoms with Crippen LogP contribution < -0.4 is 22.9 Å². The van der Waals surface area contributed by atoms with E-state index in [0.29, 0.717) is 0 Å². The minimum absolute atomic E-state index is 0.748. The molecule has 0 aliphatic heterocycles. The van der Waals surface area contributed by atoms with Crippen LogP contribution in [0, 0.1) is 0 Å². The van der Waals surface area contributed by atoms with Gasteiger partial charge >= 0.3 is 0 Å². The minimum atomic E-state index is 0.748. The van der Waals surface area contributed by atoms with Crippen LogP contribution in [0.1, 0.15) is 0 Å². The quantitative estimate of drug-likeness (QED) is 0.138. The number of benzene rings is 8. The Labute approximate surface area is 207 Å². The molecular weight excluding hydrogens is 440 g/mol. The van der Waals surface area contributed by atoms with Gasteiger partial charge in [-0.1, -0.05) is 78.9 Å². The van der Waals surface area contributed by atoms with Crippen molar-refractivity contribution in [1.82, 2.24) is 0 Å². The second-order valence-electron chi connectivity index (χ2n) is 9.47. The monoisotopic (exact) mass is 464 g/mol. The summed E-state index contributed by atoms with van der Waals surface area (Å²) < 4.78 is 0.